The van der Waals surface area contributed by atoms with E-state index >= 15 is 0 Å². The summed E-state index contributed by atoms with van der Waals surface area (Å²) in [7, 11) is 1.81. The molecule has 2 unspecified atom stereocenters. The summed E-state index contributed by atoms with van der Waals surface area (Å²) in [5.41, 5.74) is 5.46. The summed E-state index contributed by atoms with van der Waals surface area (Å²) in [5.74, 6) is -0.418. The van der Waals surface area contributed by atoms with Gasteiger partial charge in [0.1, 0.15) is 0 Å². The van der Waals surface area contributed by atoms with E-state index in [-0.39, 0.29) is 30.3 Å². The van der Waals surface area contributed by atoms with Gasteiger partial charge in [0.15, 0.2) is 0 Å². The Balaban J connectivity index is 2.61. The molecular formula is C8H15N3O2. The normalized spacial score (nSPS) is 25.1. The van der Waals surface area contributed by atoms with Crippen molar-refractivity contribution in [3.63, 3.8) is 0 Å². The first kappa shape index (κ1) is 10.1. The van der Waals surface area contributed by atoms with Crippen LogP contribution in [0.2, 0.25) is 0 Å². The van der Waals surface area contributed by atoms with Crippen molar-refractivity contribution in [1.29, 1.82) is 0 Å². The Bertz CT molecular complexity index is 229. The lowest BCUT2D eigenvalue weighted by Crippen LogP contribution is -2.45. The fourth-order valence-electron chi connectivity index (χ4n) is 1.34. The second-order valence-electron chi connectivity index (χ2n) is 3.38. The molecule has 5 nitrogen and oxygen atoms in total. The van der Waals surface area contributed by atoms with Gasteiger partial charge in [0.25, 0.3) is 0 Å². The van der Waals surface area contributed by atoms with Crippen LogP contribution in [0.25, 0.3) is 0 Å². The Labute approximate surface area is 77.3 Å². The number of amides is 2. The highest BCUT2D eigenvalue weighted by Gasteiger charge is 2.34. The van der Waals surface area contributed by atoms with Crippen LogP contribution in [0.1, 0.15) is 13.3 Å². The Hall–Kier alpha value is -0.940. The summed E-state index contributed by atoms with van der Waals surface area (Å²) in [6, 6.07) is -0.229. The van der Waals surface area contributed by atoms with E-state index in [2.05, 4.69) is 5.32 Å². The van der Waals surface area contributed by atoms with E-state index in [1.54, 1.807) is 7.05 Å². The zero-order chi connectivity index (χ0) is 10.0. The number of carbonyl (C=O) groups is 2. The number of hydrogen-bond acceptors (Lipinski definition) is 4. The van der Waals surface area contributed by atoms with Crippen molar-refractivity contribution in [3.8, 4) is 0 Å². The van der Waals surface area contributed by atoms with Gasteiger partial charge >= 0.3 is 0 Å². The average Bonchev–Trinajstić information content (AvgIpc) is 2.42. The molecule has 1 aliphatic heterocycles. The van der Waals surface area contributed by atoms with Crippen molar-refractivity contribution in [3.05, 3.63) is 0 Å². The third kappa shape index (κ3) is 2.05. The molecule has 1 aliphatic rings. The third-order valence-electron chi connectivity index (χ3n) is 2.47. The summed E-state index contributed by atoms with van der Waals surface area (Å²) in [5, 5.41) is 2.27. The predicted molar refractivity (Wildman–Crippen MR) is 47.8 cm³/mol. The van der Waals surface area contributed by atoms with Gasteiger partial charge in [0.2, 0.25) is 11.8 Å². The van der Waals surface area contributed by atoms with Gasteiger partial charge < -0.3 is 5.73 Å². The molecule has 0 bridgehead atoms. The molecule has 0 aromatic carbocycles. The van der Waals surface area contributed by atoms with Crippen LogP contribution in [-0.2, 0) is 9.59 Å². The van der Waals surface area contributed by atoms with Crippen molar-refractivity contribution in [2.75, 3.05) is 13.6 Å². The standard InChI is InChI=1S/C8H15N3O2/c1-5(4-9)11(2)6-3-7(12)10-8(6)13/h5-6H,3-4,9H2,1-2H3,(H,10,12,13). The fourth-order valence-corrected chi connectivity index (χ4v) is 1.34. The Morgan fingerprint density at radius 3 is 2.69 bits per heavy atom. The van der Waals surface area contributed by atoms with Crippen LogP contribution >= 0.6 is 0 Å². The van der Waals surface area contributed by atoms with Gasteiger partial charge in [-0.15, -0.1) is 0 Å². The summed E-state index contributed by atoms with van der Waals surface area (Å²) >= 11 is 0. The van der Waals surface area contributed by atoms with Crippen LogP contribution in [0.5, 0.6) is 0 Å². The van der Waals surface area contributed by atoms with E-state index in [1.165, 1.54) is 0 Å². The molecule has 2 atom stereocenters. The Morgan fingerprint density at radius 2 is 2.31 bits per heavy atom. The van der Waals surface area contributed by atoms with Gasteiger partial charge in [-0.2, -0.15) is 0 Å². The first-order chi connectivity index (χ1) is 6.06. The highest BCUT2D eigenvalue weighted by atomic mass is 16.2. The molecule has 0 saturated carbocycles. The summed E-state index contributed by atoms with van der Waals surface area (Å²) in [4.78, 5) is 24.0. The van der Waals surface area contributed by atoms with E-state index < -0.39 is 0 Å². The predicted octanol–water partition coefficient (Wildman–Crippen LogP) is -1.32. The number of nitrogens with zero attached hydrogens (tertiary/aromatic N) is 1. The lowest BCUT2D eigenvalue weighted by molar-refractivity contribution is -0.126. The maximum Gasteiger partial charge on any atom is 0.244 e. The average molecular weight is 185 g/mol. The Morgan fingerprint density at radius 1 is 1.69 bits per heavy atom. The topological polar surface area (TPSA) is 75.4 Å². The zero-order valence-corrected chi connectivity index (χ0v) is 7.91. The van der Waals surface area contributed by atoms with Crippen LogP contribution in [0.4, 0.5) is 0 Å². The number of likely N-dealkylation sites (N-methyl/N-ethyl adjacent to an activating group) is 1. The molecule has 0 radical (unpaired) electrons. The van der Waals surface area contributed by atoms with E-state index in [9.17, 15) is 9.59 Å². The number of nitrogens with one attached hydrogen (secondary N) is 1. The molecule has 1 heterocycles. The zero-order valence-electron chi connectivity index (χ0n) is 7.91. The van der Waals surface area contributed by atoms with Crippen LogP contribution in [0.15, 0.2) is 0 Å². The van der Waals surface area contributed by atoms with E-state index in [1.807, 2.05) is 11.8 Å². The highest BCUT2D eigenvalue weighted by molar-refractivity contribution is 6.05. The van der Waals surface area contributed by atoms with Gasteiger partial charge in [0.05, 0.1) is 12.5 Å². The van der Waals surface area contributed by atoms with E-state index in [0.29, 0.717) is 6.54 Å². The van der Waals surface area contributed by atoms with Crippen LogP contribution in [0.3, 0.4) is 0 Å². The lowest BCUT2D eigenvalue weighted by Gasteiger charge is -2.27. The Kier molecular flexibility index (Phi) is 3.00. The van der Waals surface area contributed by atoms with Crippen molar-refractivity contribution in [2.24, 2.45) is 5.73 Å². The quantitative estimate of drug-likeness (QED) is 0.535. The van der Waals surface area contributed by atoms with Crippen LogP contribution in [-0.4, -0.2) is 42.4 Å². The molecule has 0 aliphatic carbocycles. The van der Waals surface area contributed by atoms with Crippen molar-refractivity contribution in [2.45, 2.75) is 25.4 Å². The van der Waals surface area contributed by atoms with E-state index in [4.69, 9.17) is 5.73 Å². The molecule has 0 aromatic rings. The molecule has 1 fully saturated rings. The number of hydrogen-bond donors (Lipinski definition) is 2. The first-order valence-corrected chi connectivity index (χ1v) is 4.32. The minimum Gasteiger partial charge on any atom is -0.329 e. The second-order valence-corrected chi connectivity index (χ2v) is 3.38. The smallest absolute Gasteiger partial charge is 0.244 e. The van der Waals surface area contributed by atoms with Gasteiger partial charge in [-0.25, -0.2) is 0 Å². The summed E-state index contributed by atoms with van der Waals surface area (Å²) < 4.78 is 0. The molecule has 74 valence electrons. The van der Waals surface area contributed by atoms with Crippen molar-refractivity contribution < 1.29 is 9.59 Å². The molecular weight excluding hydrogens is 170 g/mol. The molecule has 0 spiro atoms. The number of carbonyl (C=O) groups excluding carboxylic acids is 2. The molecule has 2 amide bonds. The minimum atomic E-state index is -0.342. The molecule has 1 saturated heterocycles. The maximum atomic E-state index is 11.2. The maximum absolute atomic E-state index is 11.2. The molecule has 5 heteroatoms. The second kappa shape index (κ2) is 3.85. The molecule has 13 heavy (non-hydrogen) atoms. The largest absolute Gasteiger partial charge is 0.329 e. The van der Waals surface area contributed by atoms with Gasteiger partial charge in [-0.1, -0.05) is 0 Å². The van der Waals surface area contributed by atoms with Crippen LogP contribution in [0, 0.1) is 0 Å². The number of imide groups is 1. The highest BCUT2D eigenvalue weighted by Crippen LogP contribution is 2.11. The van der Waals surface area contributed by atoms with Crippen LogP contribution < -0.4 is 11.1 Å². The van der Waals surface area contributed by atoms with Crippen molar-refractivity contribution >= 4 is 11.8 Å². The molecule has 3 N–H and O–H groups in total. The third-order valence-corrected chi connectivity index (χ3v) is 2.47. The molecule has 1 rings (SSSR count). The number of nitrogens with two attached hydrogens (primary N) is 1. The van der Waals surface area contributed by atoms with Gasteiger partial charge in [0, 0.05) is 12.6 Å². The van der Waals surface area contributed by atoms with Crippen molar-refractivity contribution in [1.82, 2.24) is 10.2 Å². The first-order valence-electron chi connectivity index (χ1n) is 4.32. The molecule has 0 aromatic heterocycles. The lowest BCUT2D eigenvalue weighted by atomic mass is 10.1. The number of rotatable bonds is 3. The SMILES string of the molecule is CC(CN)N(C)C1CC(=O)NC1=O. The minimum absolute atomic E-state index is 0.113. The fraction of sp³-hybridized carbons (Fsp3) is 0.750. The van der Waals surface area contributed by atoms with Gasteiger partial charge in [-0.05, 0) is 14.0 Å². The van der Waals surface area contributed by atoms with Gasteiger partial charge in [-0.3, -0.25) is 19.8 Å². The summed E-state index contributed by atoms with van der Waals surface area (Å²) in [6.45, 7) is 2.41. The van der Waals surface area contributed by atoms with E-state index in [0.717, 1.165) is 0 Å². The monoisotopic (exact) mass is 185 g/mol. The summed E-state index contributed by atoms with van der Waals surface area (Å²) in [6.07, 6.45) is 0.250.